The molecule has 2 heterocycles. The van der Waals surface area contributed by atoms with Crippen LogP contribution in [-0.4, -0.2) is 9.97 Å². The van der Waals surface area contributed by atoms with E-state index in [4.69, 9.17) is 14.4 Å². The number of hydrogen-bond donors (Lipinski definition) is 0. The van der Waals surface area contributed by atoms with Gasteiger partial charge in [-0.15, -0.1) is 0 Å². The summed E-state index contributed by atoms with van der Waals surface area (Å²) in [5, 5.41) is 9.36. The second kappa shape index (κ2) is 11.7. The zero-order chi connectivity index (χ0) is 34.9. The van der Waals surface area contributed by atoms with Crippen LogP contribution in [0.5, 0.6) is 0 Å². The Morgan fingerprint density at radius 2 is 0.830 bits per heavy atom. The fraction of sp³-hybridized carbons (Fsp3) is 0. The molecule has 3 nitrogen and oxygen atoms in total. The Labute approximate surface area is 305 Å². The predicted molar refractivity (Wildman–Crippen MR) is 221 cm³/mol. The summed E-state index contributed by atoms with van der Waals surface area (Å²) in [6, 6.07) is 62.6. The molecule has 9 aromatic carbocycles. The van der Waals surface area contributed by atoms with Crippen molar-refractivity contribution in [2.24, 2.45) is 0 Å². The maximum absolute atomic E-state index is 6.04. The third-order valence-electron chi connectivity index (χ3n) is 10.7. The second-order valence-electron chi connectivity index (χ2n) is 13.8. The largest absolute Gasteiger partial charge is 0.456 e. The van der Waals surface area contributed by atoms with Gasteiger partial charge in [0.15, 0.2) is 0 Å². The molecule has 0 N–H and O–H groups in total. The first-order valence-electron chi connectivity index (χ1n) is 18.0. The maximum atomic E-state index is 6.04. The van der Waals surface area contributed by atoms with Crippen LogP contribution in [0.25, 0.3) is 110 Å². The number of nitrogens with zero attached hydrogens (tertiary/aromatic N) is 2. The summed E-state index contributed by atoms with van der Waals surface area (Å²) in [5.41, 5.74) is 12.7. The van der Waals surface area contributed by atoms with Gasteiger partial charge >= 0.3 is 0 Å². The summed E-state index contributed by atoms with van der Waals surface area (Å²) in [7, 11) is 0. The average Bonchev–Trinajstić information content (AvgIpc) is 3.61. The molecule has 0 saturated heterocycles. The Kier molecular flexibility index (Phi) is 6.55. The molecule has 0 spiro atoms. The maximum Gasteiger partial charge on any atom is 0.135 e. The minimum Gasteiger partial charge on any atom is -0.456 e. The van der Waals surface area contributed by atoms with Crippen molar-refractivity contribution in [3.05, 3.63) is 182 Å². The van der Waals surface area contributed by atoms with Crippen molar-refractivity contribution >= 4 is 65.3 Å². The smallest absolute Gasteiger partial charge is 0.135 e. The van der Waals surface area contributed by atoms with E-state index >= 15 is 0 Å². The third-order valence-corrected chi connectivity index (χ3v) is 10.7. The van der Waals surface area contributed by atoms with Crippen molar-refractivity contribution in [1.82, 2.24) is 9.97 Å². The van der Waals surface area contributed by atoms with Crippen LogP contribution < -0.4 is 0 Å². The molecule has 53 heavy (non-hydrogen) atoms. The van der Waals surface area contributed by atoms with Crippen molar-refractivity contribution in [3.63, 3.8) is 0 Å². The van der Waals surface area contributed by atoms with Gasteiger partial charge in [-0.05, 0) is 91.3 Å². The van der Waals surface area contributed by atoms with Gasteiger partial charge in [0, 0.05) is 27.1 Å². The Hall–Kier alpha value is -7.10. The highest BCUT2D eigenvalue weighted by atomic mass is 16.3. The first-order chi connectivity index (χ1) is 26.2. The molecule has 0 aliphatic carbocycles. The Morgan fingerprint density at radius 1 is 0.321 bits per heavy atom. The molecular formula is C50H30N2O. The van der Waals surface area contributed by atoms with Crippen molar-refractivity contribution in [1.29, 1.82) is 0 Å². The predicted octanol–water partition coefficient (Wildman–Crippen LogP) is 13.7. The lowest BCUT2D eigenvalue weighted by Gasteiger charge is -2.11. The fourth-order valence-corrected chi connectivity index (χ4v) is 7.99. The summed E-state index contributed by atoms with van der Waals surface area (Å²) in [5.74, 6) is 0. The number of hydrogen-bond acceptors (Lipinski definition) is 3. The van der Waals surface area contributed by atoms with Crippen LogP contribution >= 0.6 is 0 Å². The summed E-state index contributed by atoms with van der Waals surface area (Å²) in [6.07, 6.45) is 1.91. The van der Waals surface area contributed by atoms with E-state index in [9.17, 15) is 0 Å². The van der Waals surface area contributed by atoms with E-state index in [0.29, 0.717) is 0 Å². The van der Waals surface area contributed by atoms with E-state index < -0.39 is 0 Å². The highest BCUT2D eigenvalue weighted by Crippen LogP contribution is 2.36. The molecule has 11 rings (SSSR count). The van der Waals surface area contributed by atoms with Crippen molar-refractivity contribution < 1.29 is 4.42 Å². The van der Waals surface area contributed by atoms with Crippen LogP contribution in [0.1, 0.15) is 0 Å². The molecule has 0 radical (unpaired) electrons. The van der Waals surface area contributed by atoms with E-state index in [-0.39, 0.29) is 0 Å². The van der Waals surface area contributed by atoms with E-state index in [2.05, 4.69) is 164 Å². The molecule has 0 amide bonds. The molecule has 0 bridgehead atoms. The molecule has 0 fully saturated rings. The first kappa shape index (κ1) is 29.6. The number of para-hydroxylation sites is 1. The molecule has 246 valence electrons. The van der Waals surface area contributed by atoms with Crippen LogP contribution in [0.2, 0.25) is 0 Å². The number of benzene rings is 9. The minimum absolute atomic E-state index is 0.867. The van der Waals surface area contributed by atoms with Gasteiger partial charge in [-0.2, -0.15) is 0 Å². The summed E-state index contributed by atoms with van der Waals surface area (Å²) in [4.78, 5) is 10.2. The van der Waals surface area contributed by atoms with Crippen molar-refractivity contribution in [2.75, 3.05) is 0 Å². The molecule has 11 aromatic rings. The zero-order valence-corrected chi connectivity index (χ0v) is 28.6. The molecule has 0 saturated carbocycles. The fourth-order valence-electron chi connectivity index (χ4n) is 7.99. The monoisotopic (exact) mass is 674 g/mol. The third kappa shape index (κ3) is 4.90. The van der Waals surface area contributed by atoms with Gasteiger partial charge in [-0.3, -0.25) is 4.98 Å². The van der Waals surface area contributed by atoms with E-state index in [0.717, 1.165) is 60.6 Å². The quantitative estimate of drug-likeness (QED) is 0.174. The van der Waals surface area contributed by atoms with Gasteiger partial charge in [0.1, 0.15) is 11.2 Å². The molecule has 0 aliphatic rings. The van der Waals surface area contributed by atoms with Gasteiger partial charge < -0.3 is 4.42 Å². The molecule has 2 aromatic heterocycles. The van der Waals surface area contributed by atoms with Crippen LogP contribution in [0.3, 0.4) is 0 Å². The summed E-state index contributed by atoms with van der Waals surface area (Å²) >= 11 is 0. The number of fused-ring (bicyclic) bond motifs is 10. The topological polar surface area (TPSA) is 38.9 Å². The molecule has 0 unspecified atom stereocenters. The van der Waals surface area contributed by atoms with Crippen molar-refractivity contribution in [3.8, 4) is 44.6 Å². The molecule has 3 heteroatoms. The lowest BCUT2D eigenvalue weighted by Crippen LogP contribution is -1.92. The highest BCUT2D eigenvalue weighted by molar-refractivity contribution is 6.23. The molecule has 0 aliphatic heterocycles. The number of rotatable bonds is 4. The highest BCUT2D eigenvalue weighted by Gasteiger charge is 2.13. The number of aromatic nitrogens is 2. The normalized spacial score (nSPS) is 11.8. The van der Waals surface area contributed by atoms with Gasteiger partial charge in [0.2, 0.25) is 0 Å². The molecular weight excluding hydrogens is 645 g/mol. The van der Waals surface area contributed by atoms with Crippen LogP contribution in [0.15, 0.2) is 187 Å². The van der Waals surface area contributed by atoms with Crippen LogP contribution in [0.4, 0.5) is 0 Å². The van der Waals surface area contributed by atoms with Crippen molar-refractivity contribution in [2.45, 2.75) is 0 Å². The lowest BCUT2D eigenvalue weighted by molar-refractivity contribution is 0.669. The average molecular weight is 675 g/mol. The van der Waals surface area contributed by atoms with Gasteiger partial charge in [0.05, 0.1) is 22.9 Å². The Bertz CT molecular complexity index is 3190. The first-order valence-corrected chi connectivity index (χ1v) is 18.0. The zero-order valence-electron chi connectivity index (χ0n) is 28.6. The van der Waals surface area contributed by atoms with Gasteiger partial charge in [-0.25, -0.2) is 4.98 Å². The minimum atomic E-state index is 0.867. The Balaban J connectivity index is 0.900. The van der Waals surface area contributed by atoms with E-state index in [1.54, 1.807) is 0 Å². The standard InChI is InChI=1S/C50H30N2O/c1-3-13-43-40(10-1)41-11-2-4-14-44(41)50-49(43)51-30-46(52-50)39-9-7-8-33(28-39)35-22-23-36-26-34(20-21-37(36)27-35)31-16-18-32(19-17-31)38-24-25-48-45(29-38)42-12-5-6-15-47(42)53-48/h1-30H. The van der Waals surface area contributed by atoms with Crippen LogP contribution in [-0.2, 0) is 0 Å². The van der Waals surface area contributed by atoms with Gasteiger partial charge in [-0.1, -0.05) is 140 Å². The summed E-state index contributed by atoms with van der Waals surface area (Å²) in [6.45, 7) is 0. The van der Waals surface area contributed by atoms with Gasteiger partial charge in [0.25, 0.3) is 0 Å². The number of furan rings is 1. The molecule has 0 atom stereocenters. The SMILES string of the molecule is c1cc(-c2ccc3cc(-c4ccc(-c5ccc6oc7ccccc7c6c5)cc4)ccc3c2)cc(-c2cnc3c4ccccc4c4ccccc4c3n2)c1. The van der Waals surface area contributed by atoms with Crippen LogP contribution in [0, 0.1) is 0 Å². The second-order valence-corrected chi connectivity index (χ2v) is 13.8. The Morgan fingerprint density at radius 3 is 1.55 bits per heavy atom. The summed E-state index contributed by atoms with van der Waals surface area (Å²) < 4.78 is 6.04. The lowest BCUT2D eigenvalue weighted by atomic mass is 9.95. The van der Waals surface area contributed by atoms with E-state index in [1.165, 1.54) is 49.4 Å². The van der Waals surface area contributed by atoms with E-state index in [1.807, 2.05) is 18.3 Å².